The second-order valence-electron chi connectivity index (χ2n) is 4.09. The highest BCUT2D eigenvalue weighted by molar-refractivity contribution is 5.91. The first-order valence-electron chi connectivity index (χ1n) is 5.86. The minimum atomic E-state index is -0.669. The number of anilines is 1. The zero-order chi connectivity index (χ0) is 14.5. The lowest BCUT2D eigenvalue weighted by atomic mass is 10.2. The van der Waals surface area contributed by atoms with Gasteiger partial charge in [0.05, 0.1) is 0 Å². The van der Waals surface area contributed by atoms with Gasteiger partial charge in [0.15, 0.2) is 6.61 Å². The molecule has 2 aromatic rings. The monoisotopic (exact) mass is 275 g/mol. The molecule has 1 heterocycles. The topological polar surface area (TPSA) is 104 Å². The number of amides is 1. The smallest absolute Gasteiger partial charge is 0.325 e. The number of hydrogen-bond donors (Lipinski definition) is 3. The molecule has 0 aliphatic carbocycles. The van der Waals surface area contributed by atoms with E-state index in [1.54, 1.807) is 12.1 Å². The van der Waals surface area contributed by atoms with E-state index in [2.05, 4.69) is 10.3 Å². The summed E-state index contributed by atoms with van der Waals surface area (Å²) < 4.78 is 5.34. The zero-order valence-corrected chi connectivity index (χ0v) is 10.7. The summed E-state index contributed by atoms with van der Waals surface area (Å²) >= 11 is 0. The van der Waals surface area contributed by atoms with Gasteiger partial charge in [0.2, 0.25) is 0 Å². The summed E-state index contributed by atoms with van der Waals surface area (Å²) in [7, 11) is 0. The fourth-order valence-electron chi connectivity index (χ4n) is 1.55. The van der Waals surface area contributed by atoms with E-state index in [-0.39, 0.29) is 12.3 Å². The molecule has 7 nitrogen and oxygen atoms in total. The largest absolute Gasteiger partial charge is 0.483 e. The number of para-hydroxylation sites is 1. The lowest BCUT2D eigenvalue weighted by Crippen LogP contribution is -2.28. The van der Waals surface area contributed by atoms with Crippen LogP contribution in [-0.2, 0) is 4.79 Å². The second-order valence-corrected chi connectivity index (χ2v) is 4.09. The van der Waals surface area contributed by atoms with Crippen LogP contribution in [0, 0.1) is 6.92 Å². The van der Waals surface area contributed by atoms with Gasteiger partial charge in [-0.2, -0.15) is 0 Å². The Morgan fingerprint density at radius 1 is 1.30 bits per heavy atom. The number of carbonyl (C=O) groups excluding carboxylic acids is 1. The first-order valence-corrected chi connectivity index (χ1v) is 5.86. The Labute approximate surface area is 113 Å². The third-order valence-corrected chi connectivity index (χ3v) is 2.55. The Morgan fingerprint density at radius 3 is 2.75 bits per heavy atom. The van der Waals surface area contributed by atoms with Crippen LogP contribution in [0.15, 0.2) is 40.1 Å². The van der Waals surface area contributed by atoms with Crippen LogP contribution in [0.4, 0.5) is 5.69 Å². The minimum absolute atomic E-state index is 0.0389. The van der Waals surface area contributed by atoms with Gasteiger partial charge in [-0.05, 0) is 18.6 Å². The van der Waals surface area contributed by atoms with Crippen LogP contribution in [0.2, 0.25) is 0 Å². The van der Waals surface area contributed by atoms with Crippen molar-refractivity contribution in [2.75, 3.05) is 11.9 Å². The van der Waals surface area contributed by atoms with Crippen molar-refractivity contribution in [3.8, 4) is 5.75 Å². The summed E-state index contributed by atoms with van der Waals surface area (Å²) in [6.45, 7) is 1.63. The number of aromatic amines is 2. The Bertz CT molecular complexity index is 733. The predicted octanol–water partition coefficient (Wildman–Crippen LogP) is 0.389. The summed E-state index contributed by atoms with van der Waals surface area (Å²) in [5.41, 5.74) is -0.438. The van der Waals surface area contributed by atoms with Crippen molar-refractivity contribution >= 4 is 11.6 Å². The van der Waals surface area contributed by atoms with Gasteiger partial charge in [0, 0.05) is 6.20 Å². The van der Waals surface area contributed by atoms with Gasteiger partial charge in [-0.1, -0.05) is 18.2 Å². The van der Waals surface area contributed by atoms with Crippen molar-refractivity contribution in [3.63, 3.8) is 0 Å². The van der Waals surface area contributed by atoms with Crippen molar-refractivity contribution in [3.05, 3.63) is 56.9 Å². The van der Waals surface area contributed by atoms with Crippen molar-refractivity contribution in [1.82, 2.24) is 9.97 Å². The zero-order valence-electron chi connectivity index (χ0n) is 10.7. The molecule has 0 saturated heterocycles. The first-order chi connectivity index (χ1) is 9.56. The van der Waals surface area contributed by atoms with Crippen molar-refractivity contribution in [2.45, 2.75) is 6.92 Å². The normalized spacial score (nSPS) is 10.1. The average Bonchev–Trinajstić information content (AvgIpc) is 2.41. The highest BCUT2D eigenvalue weighted by Gasteiger charge is 2.07. The number of aromatic nitrogens is 2. The Morgan fingerprint density at radius 2 is 2.05 bits per heavy atom. The van der Waals surface area contributed by atoms with Crippen LogP contribution in [0.5, 0.6) is 5.75 Å². The Hall–Kier alpha value is -2.83. The van der Waals surface area contributed by atoms with E-state index in [1.807, 2.05) is 24.0 Å². The molecular formula is C13H13N3O4. The van der Waals surface area contributed by atoms with Gasteiger partial charge in [0.25, 0.3) is 11.5 Å². The summed E-state index contributed by atoms with van der Waals surface area (Å²) in [4.78, 5) is 38.1. The van der Waals surface area contributed by atoms with Gasteiger partial charge in [-0.25, -0.2) is 4.79 Å². The van der Waals surface area contributed by atoms with Crippen molar-refractivity contribution in [1.29, 1.82) is 0 Å². The molecule has 1 aromatic carbocycles. The molecule has 20 heavy (non-hydrogen) atoms. The molecule has 7 heteroatoms. The highest BCUT2D eigenvalue weighted by atomic mass is 16.5. The molecule has 0 unspecified atom stereocenters. The molecule has 3 N–H and O–H groups in total. The van der Waals surface area contributed by atoms with E-state index in [0.29, 0.717) is 5.75 Å². The third kappa shape index (κ3) is 3.35. The van der Waals surface area contributed by atoms with E-state index in [9.17, 15) is 14.4 Å². The number of hydrogen-bond acceptors (Lipinski definition) is 4. The third-order valence-electron chi connectivity index (χ3n) is 2.55. The van der Waals surface area contributed by atoms with Crippen LogP contribution in [0.3, 0.4) is 0 Å². The number of benzene rings is 1. The number of aryl methyl sites for hydroxylation is 1. The molecule has 0 spiro atoms. The molecule has 0 bridgehead atoms. The van der Waals surface area contributed by atoms with E-state index in [1.165, 1.54) is 0 Å². The van der Waals surface area contributed by atoms with Gasteiger partial charge < -0.3 is 15.0 Å². The van der Waals surface area contributed by atoms with Crippen molar-refractivity contribution in [2.24, 2.45) is 0 Å². The van der Waals surface area contributed by atoms with Gasteiger partial charge in [-0.3, -0.25) is 14.6 Å². The second kappa shape index (κ2) is 5.87. The van der Waals surface area contributed by atoms with Crippen LogP contribution >= 0.6 is 0 Å². The van der Waals surface area contributed by atoms with E-state index in [4.69, 9.17) is 4.74 Å². The first kappa shape index (κ1) is 13.6. The van der Waals surface area contributed by atoms with Crippen LogP contribution in [0.1, 0.15) is 5.56 Å². The highest BCUT2D eigenvalue weighted by Crippen LogP contribution is 2.15. The van der Waals surface area contributed by atoms with E-state index in [0.717, 1.165) is 11.8 Å². The van der Waals surface area contributed by atoms with Gasteiger partial charge in [0.1, 0.15) is 11.4 Å². The Kier molecular flexibility index (Phi) is 3.99. The molecule has 0 atom stereocenters. The van der Waals surface area contributed by atoms with E-state index >= 15 is 0 Å². The fourth-order valence-corrected chi connectivity index (χ4v) is 1.55. The minimum Gasteiger partial charge on any atom is -0.483 e. The lowest BCUT2D eigenvalue weighted by molar-refractivity contribution is -0.118. The number of carbonyl (C=O) groups is 1. The van der Waals surface area contributed by atoms with Gasteiger partial charge >= 0.3 is 5.69 Å². The molecule has 0 fully saturated rings. The standard InChI is InChI=1S/C13H13N3O4/c1-8-4-2-3-5-10(8)20-7-11(17)15-9-6-14-13(19)16-12(9)18/h2-6H,7H2,1H3,(H,15,17)(H2,14,16,18,19). The molecule has 0 radical (unpaired) electrons. The van der Waals surface area contributed by atoms with Crippen LogP contribution in [0.25, 0.3) is 0 Å². The number of nitrogens with one attached hydrogen (secondary N) is 3. The Balaban J connectivity index is 1.98. The van der Waals surface area contributed by atoms with Crippen LogP contribution < -0.4 is 21.3 Å². The van der Waals surface area contributed by atoms with E-state index < -0.39 is 17.2 Å². The van der Waals surface area contributed by atoms with Gasteiger partial charge in [-0.15, -0.1) is 0 Å². The molecule has 1 aromatic heterocycles. The molecule has 0 saturated carbocycles. The van der Waals surface area contributed by atoms with Crippen molar-refractivity contribution < 1.29 is 9.53 Å². The molecule has 104 valence electrons. The summed E-state index contributed by atoms with van der Waals surface area (Å²) in [5, 5.41) is 2.35. The molecule has 0 aliphatic rings. The summed E-state index contributed by atoms with van der Waals surface area (Å²) in [6.07, 6.45) is 1.13. The SMILES string of the molecule is Cc1ccccc1OCC(=O)Nc1c[nH]c(=O)[nH]c1=O. The summed E-state index contributed by atoms with van der Waals surface area (Å²) in [5.74, 6) is 0.101. The fraction of sp³-hybridized carbons (Fsp3) is 0.154. The molecule has 2 rings (SSSR count). The maximum absolute atomic E-state index is 11.7. The maximum Gasteiger partial charge on any atom is 0.325 e. The quantitative estimate of drug-likeness (QED) is 0.750. The maximum atomic E-state index is 11.7. The lowest BCUT2D eigenvalue weighted by Gasteiger charge is -2.08. The molecular weight excluding hydrogens is 262 g/mol. The number of ether oxygens (including phenoxy) is 1. The summed E-state index contributed by atoms with van der Waals surface area (Å²) in [6, 6.07) is 7.27. The molecule has 1 amide bonds. The number of rotatable bonds is 4. The number of H-pyrrole nitrogens is 2. The average molecular weight is 275 g/mol. The predicted molar refractivity (Wildman–Crippen MR) is 73.0 cm³/mol. The van der Waals surface area contributed by atoms with Crippen LogP contribution in [-0.4, -0.2) is 22.5 Å². The molecule has 0 aliphatic heterocycles.